The van der Waals surface area contributed by atoms with E-state index >= 15 is 0 Å². The van der Waals surface area contributed by atoms with Gasteiger partial charge in [-0.25, -0.2) is 4.98 Å². The number of halogens is 2. The molecule has 0 saturated carbocycles. The zero-order chi connectivity index (χ0) is 10.9. The molecule has 0 atom stereocenters. The van der Waals surface area contributed by atoms with Crippen molar-refractivity contribution >= 4 is 33.5 Å². The maximum absolute atomic E-state index is 5.98. The van der Waals surface area contributed by atoms with E-state index in [9.17, 15) is 0 Å². The molecule has 0 aliphatic heterocycles. The maximum Gasteiger partial charge on any atom is 0.226 e. The molecule has 78 valence electrons. The van der Waals surface area contributed by atoms with Crippen LogP contribution in [0.4, 0.5) is 5.95 Å². The largest absolute Gasteiger partial charge is 0.347 e. The molecular formula is C9H13BrClN3. The summed E-state index contributed by atoms with van der Waals surface area (Å²) in [6, 6.07) is 0. The molecule has 1 aromatic heterocycles. The molecule has 0 aliphatic rings. The number of anilines is 1. The number of nitrogens with zero attached hydrogens (tertiary/aromatic N) is 3. The van der Waals surface area contributed by atoms with Crippen LogP contribution in [0, 0.1) is 0 Å². The number of rotatable bonds is 2. The third kappa shape index (κ3) is 2.36. The fraction of sp³-hybridized carbons (Fsp3) is 0.556. The zero-order valence-corrected chi connectivity index (χ0v) is 11.0. The lowest BCUT2D eigenvalue weighted by atomic mass is 10.1. The van der Waals surface area contributed by atoms with Crippen molar-refractivity contribution in [1.82, 2.24) is 9.97 Å². The quantitative estimate of drug-likeness (QED) is 0.779. The van der Waals surface area contributed by atoms with Gasteiger partial charge < -0.3 is 4.90 Å². The van der Waals surface area contributed by atoms with Gasteiger partial charge in [-0.3, -0.25) is 0 Å². The minimum atomic E-state index is 0.323. The van der Waals surface area contributed by atoms with Gasteiger partial charge in [0, 0.05) is 14.1 Å². The van der Waals surface area contributed by atoms with E-state index in [0.29, 0.717) is 17.0 Å². The van der Waals surface area contributed by atoms with Crippen LogP contribution in [0.2, 0.25) is 5.15 Å². The lowest BCUT2D eigenvalue weighted by molar-refractivity contribution is 0.799. The van der Waals surface area contributed by atoms with E-state index in [2.05, 4.69) is 39.7 Å². The van der Waals surface area contributed by atoms with Gasteiger partial charge in [-0.05, 0) is 21.8 Å². The molecule has 0 spiro atoms. The fourth-order valence-corrected chi connectivity index (χ4v) is 1.81. The average molecular weight is 279 g/mol. The SMILES string of the molecule is CC(C)c1nc(N(C)C)nc(Cl)c1Br. The Kier molecular flexibility index (Phi) is 3.72. The van der Waals surface area contributed by atoms with Crippen LogP contribution in [0.5, 0.6) is 0 Å². The highest BCUT2D eigenvalue weighted by Crippen LogP contribution is 2.29. The Balaban J connectivity index is 3.28. The van der Waals surface area contributed by atoms with Crippen molar-refractivity contribution in [2.75, 3.05) is 19.0 Å². The first-order valence-electron chi connectivity index (χ1n) is 4.33. The van der Waals surface area contributed by atoms with Crippen molar-refractivity contribution in [2.45, 2.75) is 19.8 Å². The van der Waals surface area contributed by atoms with E-state index in [-0.39, 0.29) is 0 Å². The Labute approximate surface area is 97.6 Å². The Hall–Kier alpha value is -0.350. The molecule has 3 nitrogen and oxygen atoms in total. The van der Waals surface area contributed by atoms with E-state index in [1.54, 1.807) is 0 Å². The molecule has 1 heterocycles. The van der Waals surface area contributed by atoms with Gasteiger partial charge in [0.2, 0.25) is 5.95 Å². The molecule has 0 N–H and O–H groups in total. The molecule has 0 aromatic carbocycles. The minimum Gasteiger partial charge on any atom is -0.347 e. The van der Waals surface area contributed by atoms with Crippen molar-refractivity contribution in [1.29, 1.82) is 0 Å². The van der Waals surface area contributed by atoms with Gasteiger partial charge in [0.25, 0.3) is 0 Å². The van der Waals surface area contributed by atoms with Gasteiger partial charge in [0.05, 0.1) is 10.2 Å². The topological polar surface area (TPSA) is 29.0 Å². The first-order chi connectivity index (χ1) is 6.43. The van der Waals surface area contributed by atoms with E-state index in [4.69, 9.17) is 11.6 Å². The van der Waals surface area contributed by atoms with Crippen LogP contribution < -0.4 is 4.90 Å². The van der Waals surface area contributed by atoms with Crippen molar-refractivity contribution in [3.8, 4) is 0 Å². The third-order valence-electron chi connectivity index (χ3n) is 1.77. The minimum absolute atomic E-state index is 0.323. The third-order valence-corrected chi connectivity index (χ3v) is 3.06. The van der Waals surface area contributed by atoms with Crippen LogP contribution in [-0.2, 0) is 0 Å². The molecule has 0 saturated heterocycles. The molecule has 0 amide bonds. The Morgan fingerprint density at radius 3 is 2.29 bits per heavy atom. The van der Waals surface area contributed by atoms with Crippen LogP contribution in [0.3, 0.4) is 0 Å². The average Bonchev–Trinajstić information content (AvgIpc) is 2.08. The standard InChI is InChI=1S/C9H13BrClN3/c1-5(2)7-6(10)8(11)13-9(12-7)14(3)4/h5H,1-4H3. The molecule has 0 radical (unpaired) electrons. The van der Waals surface area contributed by atoms with Gasteiger partial charge in [0.1, 0.15) is 5.15 Å². The van der Waals surface area contributed by atoms with Crippen molar-refractivity contribution in [3.05, 3.63) is 15.3 Å². The Morgan fingerprint density at radius 2 is 1.86 bits per heavy atom. The second kappa shape index (κ2) is 4.45. The summed E-state index contributed by atoms with van der Waals surface area (Å²) in [4.78, 5) is 10.4. The predicted octanol–water partition coefficient (Wildman–Crippen LogP) is 3.08. The first kappa shape index (κ1) is 11.7. The lowest BCUT2D eigenvalue weighted by Gasteiger charge is -2.14. The monoisotopic (exact) mass is 277 g/mol. The summed E-state index contributed by atoms with van der Waals surface area (Å²) in [5, 5.41) is 0.465. The molecule has 14 heavy (non-hydrogen) atoms. The van der Waals surface area contributed by atoms with E-state index in [1.807, 2.05) is 19.0 Å². The molecule has 5 heteroatoms. The second-order valence-corrected chi connectivity index (χ2v) is 4.71. The summed E-state index contributed by atoms with van der Waals surface area (Å²) < 4.78 is 0.791. The van der Waals surface area contributed by atoms with Gasteiger partial charge in [-0.1, -0.05) is 25.4 Å². The van der Waals surface area contributed by atoms with Crippen molar-refractivity contribution < 1.29 is 0 Å². The van der Waals surface area contributed by atoms with E-state index < -0.39 is 0 Å². The number of aromatic nitrogens is 2. The van der Waals surface area contributed by atoms with Gasteiger partial charge in [0.15, 0.2) is 0 Å². The van der Waals surface area contributed by atoms with Crippen LogP contribution in [0.1, 0.15) is 25.5 Å². The summed E-state index contributed by atoms with van der Waals surface area (Å²) >= 11 is 9.37. The van der Waals surface area contributed by atoms with E-state index in [0.717, 1.165) is 10.2 Å². The first-order valence-corrected chi connectivity index (χ1v) is 5.50. The molecular weight excluding hydrogens is 265 g/mol. The molecule has 0 aliphatic carbocycles. The summed E-state index contributed by atoms with van der Waals surface area (Å²) in [5.74, 6) is 0.963. The summed E-state index contributed by atoms with van der Waals surface area (Å²) in [7, 11) is 3.79. The molecule has 1 rings (SSSR count). The summed E-state index contributed by atoms with van der Waals surface area (Å²) in [6.07, 6.45) is 0. The Morgan fingerprint density at radius 1 is 1.29 bits per heavy atom. The van der Waals surface area contributed by atoms with E-state index in [1.165, 1.54) is 0 Å². The predicted molar refractivity (Wildman–Crippen MR) is 63.2 cm³/mol. The molecule has 1 aromatic rings. The highest BCUT2D eigenvalue weighted by molar-refractivity contribution is 9.10. The molecule has 0 unspecified atom stereocenters. The zero-order valence-electron chi connectivity index (χ0n) is 8.67. The van der Waals surface area contributed by atoms with Crippen LogP contribution in [0.25, 0.3) is 0 Å². The number of hydrogen-bond donors (Lipinski definition) is 0. The normalized spacial score (nSPS) is 10.8. The van der Waals surface area contributed by atoms with Gasteiger partial charge >= 0.3 is 0 Å². The van der Waals surface area contributed by atoms with Gasteiger partial charge in [-0.2, -0.15) is 4.98 Å². The second-order valence-electron chi connectivity index (χ2n) is 3.56. The highest BCUT2D eigenvalue weighted by atomic mass is 79.9. The maximum atomic E-state index is 5.98. The van der Waals surface area contributed by atoms with Crippen LogP contribution >= 0.6 is 27.5 Å². The van der Waals surface area contributed by atoms with Crippen molar-refractivity contribution in [2.24, 2.45) is 0 Å². The Bertz CT molecular complexity index is 339. The summed E-state index contributed by atoms with van der Waals surface area (Å²) in [5.41, 5.74) is 0.939. The number of hydrogen-bond acceptors (Lipinski definition) is 3. The smallest absolute Gasteiger partial charge is 0.226 e. The van der Waals surface area contributed by atoms with Crippen LogP contribution in [0.15, 0.2) is 4.47 Å². The highest BCUT2D eigenvalue weighted by Gasteiger charge is 2.14. The lowest BCUT2D eigenvalue weighted by Crippen LogP contribution is -2.14. The molecule has 0 fully saturated rings. The van der Waals surface area contributed by atoms with Gasteiger partial charge in [-0.15, -0.1) is 0 Å². The fourth-order valence-electron chi connectivity index (χ4n) is 1.01. The van der Waals surface area contributed by atoms with Crippen molar-refractivity contribution in [3.63, 3.8) is 0 Å². The van der Waals surface area contributed by atoms with Crippen LogP contribution in [-0.4, -0.2) is 24.1 Å². The summed E-state index contributed by atoms with van der Waals surface area (Å²) in [6.45, 7) is 4.14. The molecule has 0 bridgehead atoms.